The molecule has 1 aromatic rings. The van der Waals surface area contributed by atoms with Crippen LogP contribution in [-0.2, 0) is 9.53 Å². The van der Waals surface area contributed by atoms with E-state index in [1.54, 1.807) is 6.08 Å². The first-order valence-corrected chi connectivity index (χ1v) is 6.73. The van der Waals surface area contributed by atoms with Crippen molar-refractivity contribution in [1.82, 2.24) is 5.32 Å². The van der Waals surface area contributed by atoms with Gasteiger partial charge in [0.15, 0.2) is 0 Å². The van der Waals surface area contributed by atoms with Crippen molar-refractivity contribution in [2.24, 2.45) is 0 Å². The van der Waals surface area contributed by atoms with Crippen molar-refractivity contribution in [1.29, 1.82) is 0 Å². The number of carboxylic acids is 1. The summed E-state index contributed by atoms with van der Waals surface area (Å²) in [7, 11) is 0. The Labute approximate surface area is 126 Å². The number of carbonyl (C=O) groups excluding carboxylic acids is 1. The third kappa shape index (κ3) is 3.90. The Balaban J connectivity index is 2.07. The van der Waals surface area contributed by atoms with E-state index < -0.39 is 42.6 Å². The highest BCUT2D eigenvalue weighted by Crippen LogP contribution is 2.16. The van der Waals surface area contributed by atoms with Crippen LogP contribution in [-0.4, -0.2) is 46.9 Å². The van der Waals surface area contributed by atoms with E-state index in [0.29, 0.717) is 0 Å². The smallest absolute Gasteiger partial charge is 0.306 e. The lowest BCUT2D eigenvalue weighted by Crippen LogP contribution is -2.48. The van der Waals surface area contributed by atoms with Gasteiger partial charge in [0.25, 0.3) is 5.91 Å². The number of aliphatic carboxylic acids is 1. The van der Waals surface area contributed by atoms with E-state index in [2.05, 4.69) is 5.32 Å². The highest BCUT2D eigenvalue weighted by atomic mass is 19.1. The van der Waals surface area contributed by atoms with Crippen molar-refractivity contribution in [3.05, 3.63) is 47.8 Å². The molecule has 0 spiro atoms. The summed E-state index contributed by atoms with van der Waals surface area (Å²) in [5, 5.41) is 20.6. The molecule has 6 nitrogen and oxygen atoms in total. The first-order valence-electron chi connectivity index (χ1n) is 6.73. The highest BCUT2D eigenvalue weighted by molar-refractivity contribution is 5.94. The molecule has 0 radical (unpaired) electrons. The number of rotatable bonds is 5. The minimum absolute atomic E-state index is 0.111. The van der Waals surface area contributed by atoms with Crippen molar-refractivity contribution < 1.29 is 28.9 Å². The number of nitrogens with one attached hydrogen (secondary N) is 1. The van der Waals surface area contributed by atoms with E-state index in [1.165, 1.54) is 30.3 Å². The van der Waals surface area contributed by atoms with Crippen LogP contribution in [0.15, 0.2) is 36.4 Å². The van der Waals surface area contributed by atoms with E-state index >= 15 is 0 Å². The number of benzene rings is 1. The zero-order valence-corrected chi connectivity index (χ0v) is 11.6. The predicted molar refractivity (Wildman–Crippen MR) is 74.8 cm³/mol. The second kappa shape index (κ2) is 7.15. The van der Waals surface area contributed by atoms with Crippen LogP contribution in [0.25, 0.3) is 0 Å². The van der Waals surface area contributed by atoms with E-state index in [-0.39, 0.29) is 12.0 Å². The van der Waals surface area contributed by atoms with Gasteiger partial charge < -0.3 is 20.3 Å². The molecular weight excluding hydrogens is 293 g/mol. The maximum absolute atomic E-state index is 13.6. The SMILES string of the molecule is O=C(O)C[C@@H]1C=C[C@@H](NC(=O)c2ccccc2F)[C@H](CO)O1. The zero-order valence-electron chi connectivity index (χ0n) is 11.6. The molecule has 0 aromatic heterocycles. The Kier molecular flexibility index (Phi) is 5.24. The van der Waals surface area contributed by atoms with Crippen LogP contribution in [0.3, 0.4) is 0 Å². The van der Waals surface area contributed by atoms with E-state index in [9.17, 15) is 19.1 Å². The van der Waals surface area contributed by atoms with Crippen molar-refractivity contribution in [3.8, 4) is 0 Å². The molecule has 1 aliphatic heterocycles. The fourth-order valence-corrected chi connectivity index (χ4v) is 2.18. The maximum atomic E-state index is 13.6. The van der Waals surface area contributed by atoms with Crippen LogP contribution in [0, 0.1) is 5.82 Å². The van der Waals surface area contributed by atoms with Crippen LogP contribution in [0.5, 0.6) is 0 Å². The van der Waals surface area contributed by atoms with Crippen molar-refractivity contribution in [3.63, 3.8) is 0 Å². The van der Waals surface area contributed by atoms with E-state index in [0.717, 1.165) is 0 Å². The molecule has 7 heteroatoms. The van der Waals surface area contributed by atoms with Crippen LogP contribution < -0.4 is 5.32 Å². The van der Waals surface area contributed by atoms with Crippen LogP contribution in [0.2, 0.25) is 0 Å². The second-order valence-corrected chi connectivity index (χ2v) is 4.86. The Hall–Kier alpha value is -2.25. The normalized spacial score (nSPS) is 24.0. The Bertz CT molecular complexity index is 589. The molecule has 118 valence electrons. The molecule has 0 unspecified atom stereocenters. The molecule has 0 aliphatic carbocycles. The van der Waals surface area contributed by atoms with Gasteiger partial charge in [-0.15, -0.1) is 0 Å². The molecule has 0 bridgehead atoms. The number of halogens is 1. The topological polar surface area (TPSA) is 95.9 Å². The molecular formula is C15H16FNO5. The molecule has 3 N–H and O–H groups in total. The lowest BCUT2D eigenvalue weighted by Gasteiger charge is -2.31. The number of ether oxygens (including phenoxy) is 1. The largest absolute Gasteiger partial charge is 0.481 e. The van der Waals surface area contributed by atoms with Gasteiger partial charge in [-0.2, -0.15) is 0 Å². The standard InChI is InChI=1S/C15H16FNO5/c16-11-4-2-1-3-10(11)15(21)17-12-6-5-9(7-14(19)20)22-13(12)8-18/h1-6,9,12-13,18H,7-8H2,(H,17,21)(H,19,20)/t9-,12+,13-/m0/s1. The van der Waals surface area contributed by atoms with Crippen LogP contribution in [0.1, 0.15) is 16.8 Å². The number of aliphatic hydroxyl groups is 1. The lowest BCUT2D eigenvalue weighted by molar-refractivity contribution is -0.141. The van der Waals surface area contributed by atoms with Gasteiger partial charge in [-0.1, -0.05) is 24.3 Å². The van der Waals surface area contributed by atoms with Crippen molar-refractivity contribution >= 4 is 11.9 Å². The van der Waals surface area contributed by atoms with Gasteiger partial charge in [-0.05, 0) is 12.1 Å². The number of carbonyl (C=O) groups is 2. The summed E-state index contributed by atoms with van der Waals surface area (Å²) < 4.78 is 19.0. The van der Waals surface area contributed by atoms with Crippen molar-refractivity contribution in [2.75, 3.05) is 6.61 Å². The molecule has 0 fully saturated rings. The molecule has 22 heavy (non-hydrogen) atoms. The number of amides is 1. The average molecular weight is 309 g/mol. The third-order valence-electron chi connectivity index (χ3n) is 3.26. The van der Waals surface area contributed by atoms with Gasteiger partial charge in [0, 0.05) is 0 Å². The number of hydrogen-bond acceptors (Lipinski definition) is 4. The summed E-state index contributed by atoms with van der Waals surface area (Å²) in [6.45, 7) is -0.400. The second-order valence-electron chi connectivity index (χ2n) is 4.86. The lowest BCUT2D eigenvalue weighted by atomic mass is 10.0. The molecule has 1 aromatic carbocycles. The first-order chi connectivity index (χ1) is 10.5. The summed E-state index contributed by atoms with van der Waals surface area (Å²) in [6, 6.07) is 4.87. The number of hydrogen-bond donors (Lipinski definition) is 3. The van der Waals surface area contributed by atoms with Gasteiger partial charge in [0.05, 0.1) is 30.7 Å². The minimum atomic E-state index is -1.03. The van der Waals surface area contributed by atoms with Crippen molar-refractivity contribution in [2.45, 2.75) is 24.7 Å². The summed E-state index contributed by atoms with van der Waals surface area (Å²) in [4.78, 5) is 22.7. The first kappa shape index (κ1) is 16.1. The summed E-state index contributed by atoms with van der Waals surface area (Å²) in [6.07, 6.45) is 1.37. The van der Waals surface area contributed by atoms with E-state index in [1.807, 2.05) is 0 Å². The Morgan fingerprint density at radius 1 is 1.27 bits per heavy atom. The number of carboxylic acid groups (broad SMARTS) is 1. The van der Waals surface area contributed by atoms with Gasteiger partial charge in [-0.3, -0.25) is 9.59 Å². The molecule has 1 aliphatic rings. The quantitative estimate of drug-likeness (QED) is 0.696. The van der Waals surface area contributed by atoms with Gasteiger partial charge in [0.2, 0.25) is 0 Å². The predicted octanol–water partition coefficient (Wildman–Crippen LogP) is 0.715. The fourth-order valence-electron chi connectivity index (χ4n) is 2.18. The maximum Gasteiger partial charge on any atom is 0.306 e. The molecule has 1 amide bonds. The minimum Gasteiger partial charge on any atom is -0.481 e. The monoisotopic (exact) mass is 309 g/mol. The molecule has 0 saturated carbocycles. The molecule has 1 heterocycles. The molecule has 3 atom stereocenters. The van der Waals surface area contributed by atoms with Crippen LogP contribution in [0.4, 0.5) is 4.39 Å². The highest BCUT2D eigenvalue weighted by Gasteiger charge is 2.29. The summed E-state index contributed by atoms with van der Waals surface area (Å²) in [5.41, 5.74) is -0.111. The Morgan fingerprint density at radius 3 is 2.64 bits per heavy atom. The van der Waals surface area contributed by atoms with Gasteiger partial charge >= 0.3 is 5.97 Å². The Morgan fingerprint density at radius 2 is 2.00 bits per heavy atom. The molecule has 0 saturated heterocycles. The third-order valence-corrected chi connectivity index (χ3v) is 3.26. The molecule has 2 rings (SSSR count). The van der Waals surface area contributed by atoms with Gasteiger partial charge in [0.1, 0.15) is 11.9 Å². The van der Waals surface area contributed by atoms with E-state index in [4.69, 9.17) is 9.84 Å². The summed E-state index contributed by atoms with van der Waals surface area (Å²) >= 11 is 0. The average Bonchev–Trinajstić information content (AvgIpc) is 2.48. The van der Waals surface area contributed by atoms with Crippen LogP contribution >= 0.6 is 0 Å². The number of aliphatic hydroxyl groups excluding tert-OH is 1. The fraction of sp³-hybridized carbons (Fsp3) is 0.333. The zero-order chi connectivity index (χ0) is 16.1. The van der Waals surface area contributed by atoms with Gasteiger partial charge in [-0.25, -0.2) is 4.39 Å². The summed E-state index contributed by atoms with van der Waals surface area (Å²) in [5.74, 6) is -2.31.